The van der Waals surface area contributed by atoms with Crippen molar-refractivity contribution in [1.29, 1.82) is 0 Å². The fourth-order valence-corrected chi connectivity index (χ4v) is 3.10. The molecule has 4 aromatic rings. The fourth-order valence-electron chi connectivity index (χ4n) is 3.10. The molecule has 0 bridgehead atoms. The van der Waals surface area contributed by atoms with Crippen LogP contribution >= 0.6 is 0 Å². The zero-order valence-corrected chi connectivity index (χ0v) is 16.2. The molecular weight excluding hydrogens is 381 g/mol. The molecule has 1 aromatic heterocycles. The maximum absolute atomic E-state index is 13.2. The average Bonchev–Trinajstić information content (AvgIpc) is 2.77. The van der Waals surface area contributed by atoms with Crippen LogP contribution in [-0.4, -0.2) is 15.7 Å². The molecule has 6 heteroatoms. The highest BCUT2D eigenvalue weighted by molar-refractivity contribution is 6.03. The predicted molar refractivity (Wildman–Crippen MR) is 114 cm³/mol. The standard InChI is InChI=1S/C24H18FN3O2/c1-16-15-18(17-5-3-2-4-6-17)7-12-21(16)26-24(30)22-13-14-23(29)28(27-22)20-10-8-19(25)9-11-20/h2-15H,1H3,(H,26,30). The van der Waals surface area contributed by atoms with E-state index < -0.39 is 17.3 Å². The van der Waals surface area contributed by atoms with Gasteiger partial charge in [0.15, 0.2) is 0 Å². The van der Waals surface area contributed by atoms with Gasteiger partial charge in [-0.3, -0.25) is 9.59 Å². The number of aromatic nitrogens is 2. The molecule has 0 unspecified atom stereocenters. The topological polar surface area (TPSA) is 64.0 Å². The van der Waals surface area contributed by atoms with E-state index >= 15 is 0 Å². The second-order valence-corrected chi connectivity index (χ2v) is 6.79. The molecule has 0 aliphatic heterocycles. The molecular formula is C24H18FN3O2. The van der Waals surface area contributed by atoms with Gasteiger partial charge in [-0.25, -0.2) is 4.39 Å². The van der Waals surface area contributed by atoms with Crippen LogP contribution in [0.4, 0.5) is 10.1 Å². The van der Waals surface area contributed by atoms with Gasteiger partial charge in [-0.05, 0) is 66.1 Å². The Hall–Kier alpha value is -4.06. The van der Waals surface area contributed by atoms with Crippen molar-refractivity contribution < 1.29 is 9.18 Å². The van der Waals surface area contributed by atoms with E-state index in [0.29, 0.717) is 11.4 Å². The first-order chi connectivity index (χ1) is 14.5. The summed E-state index contributed by atoms with van der Waals surface area (Å²) in [6.07, 6.45) is 0. The minimum Gasteiger partial charge on any atom is -0.320 e. The van der Waals surface area contributed by atoms with E-state index in [0.717, 1.165) is 21.4 Å². The Morgan fingerprint density at radius 3 is 2.33 bits per heavy atom. The van der Waals surface area contributed by atoms with Gasteiger partial charge < -0.3 is 5.32 Å². The number of amides is 1. The number of benzene rings is 3. The Bertz CT molecular complexity index is 1270. The molecule has 0 saturated carbocycles. The Labute approximate surface area is 172 Å². The Balaban J connectivity index is 1.59. The number of anilines is 1. The summed E-state index contributed by atoms with van der Waals surface area (Å²) in [5, 5.41) is 6.97. The molecule has 3 aromatic carbocycles. The summed E-state index contributed by atoms with van der Waals surface area (Å²) >= 11 is 0. The summed E-state index contributed by atoms with van der Waals surface area (Å²) in [4.78, 5) is 24.9. The first-order valence-electron chi connectivity index (χ1n) is 9.35. The zero-order valence-electron chi connectivity index (χ0n) is 16.2. The van der Waals surface area contributed by atoms with Crippen molar-refractivity contribution in [2.45, 2.75) is 6.92 Å². The molecule has 0 atom stereocenters. The van der Waals surface area contributed by atoms with E-state index in [-0.39, 0.29) is 5.69 Å². The second-order valence-electron chi connectivity index (χ2n) is 6.79. The van der Waals surface area contributed by atoms with Crippen molar-refractivity contribution >= 4 is 11.6 Å². The van der Waals surface area contributed by atoms with Gasteiger partial charge in [0.25, 0.3) is 11.5 Å². The molecule has 4 rings (SSSR count). The van der Waals surface area contributed by atoms with E-state index in [1.54, 1.807) is 0 Å². The quantitative estimate of drug-likeness (QED) is 0.546. The summed E-state index contributed by atoms with van der Waals surface area (Å²) in [6.45, 7) is 1.91. The highest BCUT2D eigenvalue weighted by Gasteiger charge is 2.13. The number of rotatable bonds is 4. The molecule has 1 amide bonds. The van der Waals surface area contributed by atoms with Crippen LogP contribution in [0, 0.1) is 12.7 Å². The lowest BCUT2D eigenvalue weighted by Gasteiger charge is -2.11. The second kappa shape index (κ2) is 8.13. The maximum atomic E-state index is 13.2. The minimum atomic E-state index is -0.443. The minimum absolute atomic E-state index is 0.0745. The van der Waals surface area contributed by atoms with Crippen molar-refractivity contribution in [1.82, 2.24) is 9.78 Å². The van der Waals surface area contributed by atoms with Crippen molar-refractivity contribution in [3.05, 3.63) is 112 Å². The molecule has 0 fully saturated rings. The fraction of sp³-hybridized carbons (Fsp3) is 0.0417. The van der Waals surface area contributed by atoms with Crippen LogP contribution < -0.4 is 10.9 Å². The molecule has 148 valence electrons. The van der Waals surface area contributed by atoms with Crippen LogP contribution in [0.3, 0.4) is 0 Å². The van der Waals surface area contributed by atoms with Crippen molar-refractivity contribution in [3.8, 4) is 16.8 Å². The number of halogens is 1. The van der Waals surface area contributed by atoms with E-state index in [1.807, 2.05) is 55.5 Å². The predicted octanol–water partition coefficient (Wildman–Crippen LogP) is 4.60. The Morgan fingerprint density at radius 1 is 0.900 bits per heavy atom. The van der Waals surface area contributed by atoms with Gasteiger partial charge in [-0.2, -0.15) is 9.78 Å². The van der Waals surface area contributed by atoms with Crippen LogP contribution in [0.1, 0.15) is 16.1 Å². The molecule has 0 spiro atoms. The van der Waals surface area contributed by atoms with Gasteiger partial charge >= 0.3 is 0 Å². The van der Waals surface area contributed by atoms with Gasteiger partial charge in [0, 0.05) is 11.8 Å². The smallest absolute Gasteiger partial charge is 0.276 e. The molecule has 5 nitrogen and oxygen atoms in total. The normalized spacial score (nSPS) is 10.6. The number of nitrogens with one attached hydrogen (secondary N) is 1. The monoisotopic (exact) mass is 399 g/mol. The van der Waals surface area contributed by atoms with E-state index in [9.17, 15) is 14.0 Å². The van der Waals surface area contributed by atoms with E-state index in [4.69, 9.17) is 0 Å². The summed E-state index contributed by atoms with van der Waals surface area (Å²) in [5.74, 6) is -0.864. The molecule has 0 aliphatic carbocycles. The van der Waals surface area contributed by atoms with Crippen LogP contribution in [0.15, 0.2) is 89.7 Å². The van der Waals surface area contributed by atoms with Crippen molar-refractivity contribution in [2.24, 2.45) is 0 Å². The summed E-state index contributed by atoms with van der Waals surface area (Å²) in [5.41, 5.74) is 3.73. The SMILES string of the molecule is Cc1cc(-c2ccccc2)ccc1NC(=O)c1ccc(=O)n(-c2ccc(F)cc2)n1. The van der Waals surface area contributed by atoms with Crippen LogP contribution in [0.5, 0.6) is 0 Å². The highest BCUT2D eigenvalue weighted by atomic mass is 19.1. The number of aryl methyl sites for hydroxylation is 1. The largest absolute Gasteiger partial charge is 0.320 e. The first kappa shape index (κ1) is 19.3. The third-order valence-electron chi connectivity index (χ3n) is 4.69. The Kier molecular flexibility index (Phi) is 5.22. The van der Waals surface area contributed by atoms with E-state index in [2.05, 4.69) is 10.4 Å². The van der Waals surface area contributed by atoms with E-state index in [1.165, 1.54) is 36.4 Å². The van der Waals surface area contributed by atoms with Crippen molar-refractivity contribution in [2.75, 3.05) is 5.32 Å². The number of nitrogens with zero attached hydrogens (tertiary/aromatic N) is 2. The molecule has 1 heterocycles. The molecule has 30 heavy (non-hydrogen) atoms. The maximum Gasteiger partial charge on any atom is 0.276 e. The third kappa shape index (κ3) is 4.03. The Morgan fingerprint density at radius 2 is 1.63 bits per heavy atom. The number of carbonyl (C=O) groups is 1. The molecule has 0 saturated heterocycles. The summed E-state index contributed by atoms with van der Waals surface area (Å²) in [7, 11) is 0. The van der Waals surface area contributed by atoms with Crippen LogP contribution in [0.2, 0.25) is 0 Å². The van der Waals surface area contributed by atoms with Gasteiger partial charge in [0.1, 0.15) is 11.5 Å². The lowest BCUT2D eigenvalue weighted by Crippen LogP contribution is -2.25. The van der Waals surface area contributed by atoms with Crippen LogP contribution in [0.25, 0.3) is 16.8 Å². The van der Waals surface area contributed by atoms with Gasteiger partial charge in [-0.1, -0.05) is 36.4 Å². The van der Waals surface area contributed by atoms with Gasteiger partial charge in [0.05, 0.1) is 5.69 Å². The van der Waals surface area contributed by atoms with Gasteiger partial charge in [-0.15, -0.1) is 0 Å². The average molecular weight is 399 g/mol. The van der Waals surface area contributed by atoms with Gasteiger partial charge in [0.2, 0.25) is 0 Å². The number of carbonyl (C=O) groups excluding carboxylic acids is 1. The lowest BCUT2D eigenvalue weighted by molar-refractivity contribution is 0.102. The molecule has 1 N–H and O–H groups in total. The number of hydrogen-bond donors (Lipinski definition) is 1. The lowest BCUT2D eigenvalue weighted by atomic mass is 10.0. The first-order valence-corrected chi connectivity index (χ1v) is 9.35. The zero-order chi connectivity index (χ0) is 21.1. The van der Waals surface area contributed by atoms with Crippen molar-refractivity contribution in [3.63, 3.8) is 0 Å². The number of hydrogen-bond acceptors (Lipinski definition) is 3. The summed E-state index contributed by atoms with van der Waals surface area (Å²) in [6, 6.07) is 23.7. The highest BCUT2D eigenvalue weighted by Crippen LogP contribution is 2.25. The third-order valence-corrected chi connectivity index (χ3v) is 4.69. The summed E-state index contributed by atoms with van der Waals surface area (Å²) < 4.78 is 14.2. The van der Waals surface area contributed by atoms with Crippen LogP contribution in [-0.2, 0) is 0 Å². The molecule has 0 radical (unpaired) electrons. The molecule has 0 aliphatic rings.